The molecule has 2 nitrogen and oxygen atoms in total. The molecule has 1 atom stereocenters. The van der Waals surface area contributed by atoms with Crippen LogP contribution in [0.4, 0.5) is 5.69 Å². The van der Waals surface area contributed by atoms with Crippen molar-refractivity contribution in [2.75, 3.05) is 5.32 Å². The first-order chi connectivity index (χ1) is 9.28. The van der Waals surface area contributed by atoms with E-state index in [1.165, 1.54) is 24.6 Å². The van der Waals surface area contributed by atoms with E-state index in [0.717, 1.165) is 17.5 Å². The Morgan fingerprint density at radius 1 is 1.11 bits per heavy atom. The van der Waals surface area contributed by atoms with Gasteiger partial charge in [0.15, 0.2) is 0 Å². The molecule has 0 aromatic heterocycles. The summed E-state index contributed by atoms with van der Waals surface area (Å²) in [6.45, 7) is 0. The van der Waals surface area contributed by atoms with Crippen LogP contribution in [-0.2, 0) is 4.79 Å². The molecule has 0 unspecified atom stereocenters. The van der Waals surface area contributed by atoms with Crippen molar-refractivity contribution < 1.29 is 4.79 Å². The number of hydrogen-bond donors (Lipinski definition) is 1. The van der Waals surface area contributed by atoms with Crippen LogP contribution in [0.5, 0.6) is 0 Å². The highest BCUT2D eigenvalue weighted by atomic mass is 16.2. The maximum atomic E-state index is 12.3. The van der Waals surface area contributed by atoms with Crippen molar-refractivity contribution in [3.63, 3.8) is 0 Å². The number of hydrogen-bond acceptors (Lipinski definition) is 1. The van der Waals surface area contributed by atoms with Gasteiger partial charge in [-0.05, 0) is 36.1 Å². The Labute approximate surface area is 112 Å². The van der Waals surface area contributed by atoms with Crippen LogP contribution in [0.15, 0.2) is 42.5 Å². The fourth-order valence-corrected chi connectivity index (χ4v) is 3.46. The molecular formula is C17H17NO. The van der Waals surface area contributed by atoms with Crippen LogP contribution in [0.1, 0.15) is 25.7 Å². The molecule has 2 aliphatic rings. The third-order valence-electron chi connectivity index (χ3n) is 4.90. The largest absolute Gasteiger partial charge is 0.325 e. The predicted molar refractivity (Wildman–Crippen MR) is 77.0 cm³/mol. The highest BCUT2D eigenvalue weighted by molar-refractivity contribution is 6.03. The van der Waals surface area contributed by atoms with Gasteiger partial charge in [0.2, 0.25) is 5.91 Å². The van der Waals surface area contributed by atoms with Crippen LogP contribution in [-0.4, -0.2) is 5.91 Å². The lowest BCUT2D eigenvalue weighted by Crippen LogP contribution is -2.23. The van der Waals surface area contributed by atoms with E-state index in [-0.39, 0.29) is 11.8 Å². The topological polar surface area (TPSA) is 29.1 Å². The minimum atomic E-state index is 0.219. The zero-order valence-corrected chi connectivity index (χ0v) is 10.9. The SMILES string of the molecule is O=C(Nc1cccc2ccccc12)[C@H]1CC12CCC2. The lowest BCUT2D eigenvalue weighted by atomic mass is 9.79. The van der Waals surface area contributed by atoms with Crippen LogP contribution in [0.25, 0.3) is 10.8 Å². The average molecular weight is 251 g/mol. The normalized spacial score (nSPS) is 23.1. The van der Waals surface area contributed by atoms with Gasteiger partial charge in [-0.3, -0.25) is 4.79 Å². The number of carbonyl (C=O) groups excluding carboxylic acids is 1. The van der Waals surface area contributed by atoms with E-state index in [2.05, 4.69) is 23.5 Å². The smallest absolute Gasteiger partial charge is 0.228 e. The second-order valence-corrected chi connectivity index (χ2v) is 5.99. The molecule has 0 heterocycles. The standard InChI is InChI=1S/C17H17NO/c19-16(14-11-17(14)9-4-10-17)18-15-8-3-6-12-5-1-2-7-13(12)15/h1-3,5-8,14H,4,9-11H2,(H,18,19)/t14-/m1/s1. The summed E-state index contributed by atoms with van der Waals surface area (Å²) >= 11 is 0. The predicted octanol–water partition coefficient (Wildman–Crippen LogP) is 3.97. The number of rotatable bonds is 2. The Hall–Kier alpha value is -1.83. The third kappa shape index (κ3) is 1.66. The van der Waals surface area contributed by atoms with Crippen molar-refractivity contribution in [1.82, 2.24) is 0 Å². The number of nitrogens with one attached hydrogen (secondary N) is 1. The Morgan fingerprint density at radius 2 is 1.89 bits per heavy atom. The molecule has 0 aliphatic heterocycles. The Kier molecular flexibility index (Phi) is 2.22. The van der Waals surface area contributed by atoms with Gasteiger partial charge in [-0.25, -0.2) is 0 Å². The van der Waals surface area contributed by atoms with E-state index >= 15 is 0 Å². The van der Waals surface area contributed by atoms with Crippen LogP contribution >= 0.6 is 0 Å². The highest BCUT2D eigenvalue weighted by Gasteiger charge is 2.60. The molecule has 4 rings (SSSR count). The van der Waals surface area contributed by atoms with Gasteiger partial charge in [-0.15, -0.1) is 0 Å². The van der Waals surface area contributed by atoms with E-state index in [1.807, 2.05) is 24.3 Å². The van der Waals surface area contributed by atoms with Crippen molar-refractivity contribution >= 4 is 22.4 Å². The molecule has 2 saturated carbocycles. The molecule has 2 heteroatoms. The first kappa shape index (κ1) is 11.0. The Bertz CT molecular complexity index is 652. The molecule has 1 N–H and O–H groups in total. The summed E-state index contributed by atoms with van der Waals surface area (Å²) in [4.78, 5) is 12.3. The second-order valence-electron chi connectivity index (χ2n) is 5.99. The zero-order valence-electron chi connectivity index (χ0n) is 10.9. The maximum absolute atomic E-state index is 12.3. The van der Waals surface area contributed by atoms with Gasteiger partial charge in [0, 0.05) is 17.0 Å². The van der Waals surface area contributed by atoms with E-state index in [4.69, 9.17) is 0 Å². The summed E-state index contributed by atoms with van der Waals surface area (Å²) < 4.78 is 0. The third-order valence-corrected chi connectivity index (χ3v) is 4.90. The van der Waals surface area contributed by atoms with Crippen LogP contribution in [0.2, 0.25) is 0 Å². The van der Waals surface area contributed by atoms with Gasteiger partial charge in [0.25, 0.3) is 0 Å². The van der Waals surface area contributed by atoms with Crippen molar-refractivity contribution in [2.24, 2.45) is 11.3 Å². The lowest BCUT2D eigenvalue weighted by molar-refractivity contribution is -0.118. The van der Waals surface area contributed by atoms with E-state index in [0.29, 0.717) is 5.41 Å². The summed E-state index contributed by atoms with van der Waals surface area (Å²) in [6, 6.07) is 14.3. The molecule has 0 bridgehead atoms. The minimum Gasteiger partial charge on any atom is -0.325 e. The van der Waals surface area contributed by atoms with Crippen LogP contribution < -0.4 is 5.32 Å². The molecule has 2 aromatic carbocycles. The van der Waals surface area contributed by atoms with Crippen molar-refractivity contribution in [3.05, 3.63) is 42.5 Å². The van der Waals surface area contributed by atoms with Gasteiger partial charge < -0.3 is 5.32 Å². The number of fused-ring (bicyclic) bond motifs is 1. The van der Waals surface area contributed by atoms with E-state index < -0.39 is 0 Å². The molecule has 19 heavy (non-hydrogen) atoms. The second kappa shape index (κ2) is 3.83. The Balaban J connectivity index is 1.60. The van der Waals surface area contributed by atoms with Crippen molar-refractivity contribution in [1.29, 1.82) is 0 Å². The van der Waals surface area contributed by atoms with Gasteiger partial charge in [0.1, 0.15) is 0 Å². The fourth-order valence-electron chi connectivity index (χ4n) is 3.46. The molecule has 1 amide bonds. The average Bonchev–Trinajstić information content (AvgIpc) is 3.15. The van der Waals surface area contributed by atoms with E-state index in [1.54, 1.807) is 0 Å². The number of anilines is 1. The highest BCUT2D eigenvalue weighted by Crippen LogP contribution is 2.65. The summed E-state index contributed by atoms with van der Waals surface area (Å²) in [7, 11) is 0. The molecule has 0 radical (unpaired) electrons. The van der Waals surface area contributed by atoms with Crippen molar-refractivity contribution in [2.45, 2.75) is 25.7 Å². The zero-order chi connectivity index (χ0) is 12.9. The quantitative estimate of drug-likeness (QED) is 0.859. The molecular weight excluding hydrogens is 234 g/mol. The number of amides is 1. The summed E-state index contributed by atoms with van der Waals surface area (Å²) in [5.74, 6) is 0.483. The molecule has 2 aromatic rings. The van der Waals surface area contributed by atoms with Gasteiger partial charge in [-0.1, -0.05) is 42.8 Å². The van der Waals surface area contributed by atoms with Crippen molar-refractivity contribution in [3.8, 4) is 0 Å². The number of carbonyl (C=O) groups is 1. The lowest BCUT2D eigenvalue weighted by Gasteiger charge is -2.26. The first-order valence-corrected chi connectivity index (χ1v) is 7.07. The first-order valence-electron chi connectivity index (χ1n) is 7.07. The molecule has 2 aliphatic carbocycles. The summed E-state index contributed by atoms with van der Waals surface area (Å²) in [5, 5.41) is 5.43. The maximum Gasteiger partial charge on any atom is 0.228 e. The molecule has 96 valence electrons. The van der Waals surface area contributed by atoms with Gasteiger partial charge >= 0.3 is 0 Å². The van der Waals surface area contributed by atoms with Crippen LogP contribution in [0.3, 0.4) is 0 Å². The van der Waals surface area contributed by atoms with Gasteiger partial charge in [-0.2, -0.15) is 0 Å². The summed E-state index contributed by atoms with van der Waals surface area (Å²) in [5.41, 5.74) is 1.35. The molecule has 0 saturated heterocycles. The monoisotopic (exact) mass is 251 g/mol. The number of benzene rings is 2. The Morgan fingerprint density at radius 3 is 2.63 bits per heavy atom. The van der Waals surface area contributed by atoms with Crippen LogP contribution in [0, 0.1) is 11.3 Å². The summed E-state index contributed by atoms with van der Waals surface area (Å²) in [6.07, 6.45) is 4.91. The fraction of sp³-hybridized carbons (Fsp3) is 0.353. The molecule has 2 fully saturated rings. The minimum absolute atomic E-state index is 0.219. The van der Waals surface area contributed by atoms with Gasteiger partial charge in [0.05, 0.1) is 0 Å². The van der Waals surface area contributed by atoms with E-state index in [9.17, 15) is 4.79 Å². The molecule has 1 spiro atoms.